The summed E-state index contributed by atoms with van der Waals surface area (Å²) in [5.41, 5.74) is 1.51. The molecule has 0 bridgehead atoms. The van der Waals surface area contributed by atoms with Crippen molar-refractivity contribution in [3.05, 3.63) is 71.9 Å². The number of aromatic nitrogens is 2. The number of hydrogen-bond donors (Lipinski definition) is 1. The van der Waals surface area contributed by atoms with Gasteiger partial charge < -0.3 is 10.1 Å². The largest absolute Gasteiger partial charge is 0.573 e. The Morgan fingerprint density at radius 1 is 1.00 bits per heavy atom. The Morgan fingerprint density at radius 3 is 2.17 bits per heavy atom. The summed E-state index contributed by atoms with van der Waals surface area (Å²) < 4.78 is 42.3. The normalized spacial score (nSPS) is 11.9. The lowest BCUT2D eigenvalue weighted by Gasteiger charge is -2.14. The molecule has 3 rings (SSSR count). The van der Waals surface area contributed by atoms with Gasteiger partial charge in [0.1, 0.15) is 11.6 Å². The van der Waals surface area contributed by atoms with E-state index in [-0.39, 0.29) is 11.0 Å². The van der Waals surface area contributed by atoms with Crippen LogP contribution in [0.25, 0.3) is 5.69 Å². The number of ether oxygens (including phenoxy) is 1. The highest BCUT2D eigenvalue weighted by molar-refractivity contribution is 6.04. The summed E-state index contributed by atoms with van der Waals surface area (Å²) >= 11 is 0. The second kappa shape index (κ2) is 7.62. The Morgan fingerprint density at radius 2 is 1.62 bits per heavy atom. The first-order chi connectivity index (χ1) is 13.5. The Hall–Kier alpha value is -3.29. The van der Waals surface area contributed by atoms with Crippen LogP contribution in [0.3, 0.4) is 0 Å². The van der Waals surface area contributed by atoms with Crippen LogP contribution in [-0.2, 0) is 5.41 Å². The van der Waals surface area contributed by atoms with E-state index in [9.17, 15) is 18.0 Å². The lowest BCUT2D eigenvalue weighted by molar-refractivity contribution is -0.274. The lowest BCUT2D eigenvalue weighted by Crippen LogP contribution is -2.17. The number of nitrogens with zero attached hydrogens (tertiary/aromatic N) is 2. The van der Waals surface area contributed by atoms with Crippen molar-refractivity contribution in [2.45, 2.75) is 32.5 Å². The molecule has 0 radical (unpaired) electrons. The first kappa shape index (κ1) is 20.4. The molecular weight excluding hydrogens is 383 g/mol. The molecular formula is C21H20F3N3O2. The molecule has 0 atom stereocenters. The second-order valence-corrected chi connectivity index (χ2v) is 7.44. The van der Waals surface area contributed by atoms with Crippen molar-refractivity contribution in [3.8, 4) is 11.4 Å². The molecule has 0 spiro atoms. The lowest BCUT2D eigenvalue weighted by atomic mass is 9.92. The fourth-order valence-corrected chi connectivity index (χ4v) is 2.60. The molecule has 1 amide bonds. The molecule has 29 heavy (non-hydrogen) atoms. The van der Waals surface area contributed by atoms with Gasteiger partial charge in [-0.15, -0.1) is 13.2 Å². The van der Waals surface area contributed by atoms with Gasteiger partial charge in [0, 0.05) is 17.0 Å². The van der Waals surface area contributed by atoms with E-state index in [1.807, 2.05) is 51.1 Å². The number of carbonyl (C=O) groups is 1. The third kappa shape index (κ3) is 5.16. The molecule has 2 aromatic carbocycles. The van der Waals surface area contributed by atoms with Crippen molar-refractivity contribution >= 4 is 11.7 Å². The molecule has 0 unspecified atom stereocenters. The number of alkyl halides is 3. The molecule has 0 aliphatic carbocycles. The molecule has 5 nitrogen and oxygen atoms in total. The maximum absolute atomic E-state index is 12.6. The summed E-state index contributed by atoms with van der Waals surface area (Å²) in [4.78, 5) is 12.6. The number of benzene rings is 2. The zero-order valence-electron chi connectivity index (χ0n) is 16.1. The number of rotatable bonds is 4. The molecule has 0 saturated carbocycles. The van der Waals surface area contributed by atoms with Gasteiger partial charge >= 0.3 is 6.36 Å². The highest BCUT2D eigenvalue weighted by Gasteiger charge is 2.31. The number of halogens is 3. The Labute approximate surface area is 166 Å². The molecule has 1 N–H and O–H groups in total. The van der Waals surface area contributed by atoms with Gasteiger partial charge in [0.25, 0.3) is 5.91 Å². The smallest absolute Gasteiger partial charge is 0.406 e. The summed E-state index contributed by atoms with van der Waals surface area (Å²) in [6.07, 6.45) is -4.78. The zero-order chi connectivity index (χ0) is 21.2. The van der Waals surface area contributed by atoms with Crippen LogP contribution in [0.15, 0.2) is 60.7 Å². The van der Waals surface area contributed by atoms with E-state index in [1.165, 1.54) is 12.1 Å². The van der Waals surface area contributed by atoms with E-state index in [0.717, 1.165) is 23.5 Å². The quantitative estimate of drug-likeness (QED) is 0.641. The molecule has 3 aromatic rings. The number of anilines is 1. The van der Waals surface area contributed by atoms with Crippen molar-refractivity contribution in [3.63, 3.8) is 0 Å². The molecule has 0 fully saturated rings. The summed E-state index contributed by atoms with van der Waals surface area (Å²) in [6, 6.07) is 15.8. The SMILES string of the molecule is CC(C)(C)c1cc(NC(=O)c2ccc(OC(F)(F)F)cc2)n(-c2ccccc2)n1. The van der Waals surface area contributed by atoms with E-state index in [1.54, 1.807) is 10.7 Å². The average molecular weight is 403 g/mol. The monoisotopic (exact) mass is 403 g/mol. The zero-order valence-corrected chi connectivity index (χ0v) is 16.1. The highest BCUT2D eigenvalue weighted by Crippen LogP contribution is 2.27. The number of para-hydroxylation sites is 1. The van der Waals surface area contributed by atoms with Crippen molar-refractivity contribution in [1.82, 2.24) is 9.78 Å². The minimum absolute atomic E-state index is 0.192. The van der Waals surface area contributed by atoms with Gasteiger partial charge in [-0.2, -0.15) is 5.10 Å². The molecule has 0 aliphatic rings. The second-order valence-electron chi connectivity index (χ2n) is 7.44. The van der Waals surface area contributed by atoms with E-state index in [2.05, 4.69) is 15.2 Å². The van der Waals surface area contributed by atoms with Crippen LogP contribution in [0.2, 0.25) is 0 Å². The van der Waals surface area contributed by atoms with Gasteiger partial charge in [-0.05, 0) is 36.4 Å². The average Bonchev–Trinajstić information content (AvgIpc) is 3.06. The topological polar surface area (TPSA) is 56.1 Å². The van der Waals surface area contributed by atoms with Gasteiger partial charge in [0.15, 0.2) is 0 Å². The van der Waals surface area contributed by atoms with Crippen LogP contribution < -0.4 is 10.1 Å². The molecule has 152 valence electrons. The number of hydrogen-bond acceptors (Lipinski definition) is 3. The third-order valence-electron chi connectivity index (χ3n) is 4.07. The predicted octanol–water partition coefficient (Wildman–Crippen LogP) is 5.32. The standard InChI is InChI=1S/C21H20F3N3O2/c1-20(2,3)17-13-18(27(26-17)15-7-5-4-6-8-15)25-19(28)14-9-11-16(12-10-14)29-21(22,23)24/h4-13H,1-3H3,(H,25,28). The van der Waals surface area contributed by atoms with E-state index in [4.69, 9.17) is 0 Å². The molecule has 1 heterocycles. The van der Waals surface area contributed by atoms with Gasteiger partial charge in [0.05, 0.1) is 11.4 Å². The summed E-state index contributed by atoms with van der Waals surface area (Å²) in [5.74, 6) is -0.402. The summed E-state index contributed by atoms with van der Waals surface area (Å²) in [5, 5.41) is 7.39. The van der Waals surface area contributed by atoms with Crippen LogP contribution in [-0.4, -0.2) is 22.1 Å². The minimum Gasteiger partial charge on any atom is -0.406 e. The first-order valence-electron chi connectivity index (χ1n) is 8.86. The van der Waals surface area contributed by atoms with Gasteiger partial charge in [-0.25, -0.2) is 4.68 Å². The Bertz CT molecular complexity index is 989. The Kier molecular flexibility index (Phi) is 5.37. The van der Waals surface area contributed by atoms with Crippen LogP contribution in [0.1, 0.15) is 36.8 Å². The third-order valence-corrected chi connectivity index (χ3v) is 4.07. The fraction of sp³-hybridized carbons (Fsp3) is 0.238. The van der Waals surface area contributed by atoms with Crippen LogP contribution in [0, 0.1) is 0 Å². The van der Waals surface area contributed by atoms with Crippen molar-refractivity contribution in [2.75, 3.05) is 5.32 Å². The summed E-state index contributed by atoms with van der Waals surface area (Å²) in [6.45, 7) is 6.03. The van der Waals surface area contributed by atoms with Gasteiger partial charge in [-0.3, -0.25) is 4.79 Å². The molecule has 1 aromatic heterocycles. The minimum atomic E-state index is -4.78. The maximum Gasteiger partial charge on any atom is 0.573 e. The van der Waals surface area contributed by atoms with Crippen LogP contribution in [0.5, 0.6) is 5.75 Å². The number of amides is 1. The van der Waals surface area contributed by atoms with E-state index in [0.29, 0.717) is 5.82 Å². The highest BCUT2D eigenvalue weighted by atomic mass is 19.4. The molecule has 0 aliphatic heterocycles. The van der Waals surface area contributed by atoms with Crippen molar-refractivity contribution in [2.24, 2.45) is 0 Å². The predicted molar refractivity (Wildman–Crippen MR) is 103 cm³/mol. The fourth-order valence-electron chi connectivity index (χ4n) is 2.60. The Balaban J connectivity index is 1.87. The van der Waals surface area contributed by atoms with Crippen LogP contribution >= 0.6 is 0 Å². The van der Waals surface area contributed by atoms with Crippen molar-refractivity contribution < 1.29 is 22.7 Å². The van der Waals surface area contributed by atoms with E-state index >= 15 is 0 Å². The first-order valence-corrected chi connectivity index (χ1v) is 8.86. The molecule has 0 saturated heterocycles. The van der Waals surface area contributed by atoms with Crippen LogP contribution in [0.4, 0.5) is 19.0 Å². The summed E-state index contributed by atoms with van der Waals surface area (Å²) in [7, 11) is 0. The maximum atomic E-state index is 12.6. The molecule has 8 heteroatoms. The van der Waals surface area contributed by atoms with Gasteiger partial charge in [-0.1, -0.05) is 39.0 Å². The number of carbonyl (C=O) groups excluding carboxylic acids is 1. The van der Waals surface area contributed by atoms with E-state index < -0.39 is 18.0 Å². The van der Waals surface area contributed by atoms with Gasteiger partial charge in [0.2, 0.25) is 0 Å². The van der Waals surface area contributed by atoms with Crippen molar-refractivity contribution in [1.29, 1.82) is 0 Å². The number of nitrogens with one attached hydrogen (secondary N) is 1.